The van der Waals surface area contributed by atoms with Crippen LogP contribution in [0.3, 0.4) is 0 Å². The van der Waals surface area contributed by atoms with Crippen molar-refractivity contribution in [2.45, 2.75) is 77.0 Å². The van der Waals surface area contributed by atoms with Gasteiger partial charge in [0.15, 0.2) is 11.5 Å². The monoisotopic (exact) mass is 784 g/mol. The van der Waals surface area contributed by atoms with E-state index >= 15 is 0 Å². The fourth-order valence-electron chi connectivity index (χ4n) is 5.41. The molecule has 11 heteroatoms. The lowest BCUT2D eigenvalue weighted by atomic mass is 10.1. The molecule has 0 aromatic heterocycles. The van der Waals surface area contributed by atoms with Crippen molar-refractivity contribution in [2.75, 3.05) is 39.6 Å². The van der Waals surface area contributed by atoms with E-state index in [1.165, 1.54) is 6.08 Å². The Kier molecular flexibility index (Phi) is 22.1. The molecule has 3 aromatic rings. The summed E-state index contributed by atoms with van der Waals surface area (Å²) in [5, 5.41) is 0. The molecular formula is C46H56O11. The van der Waals surface area contributed by atoms with Gasteiger partial charge in [-0.1, -0.05) is 44.0 Å². The fraction of sp³-hybridized carbons (Fsp3) is 0.391. The van der Waals surface area contributed by atoms with E-state index in [1.807, 2.05) is 36.4 Å². The molecule has 306 valence electrons. The van der Waals surface area contributed by atoms with E-state index < -0.39 is 23.9 Å². The fourth-order valence-corrected chi connectivity index (χ4v) is 5.41. The maximum atomic E-state index is 13.2. The Morgan fingerprint density at radius 3 is 1.25 bits per heavy atom. The number of hydrogen-bond donors (Lipinski definition) is 0. The van der Waals surface area contributed by atoms with Crippen LogP contribution < -0.4 is 18.9 Å². The molecule has 0 fully saturated rings. The summed E-state index contributed by atoms with van der Waals surface area (Å²) in [7, 11) is 0. The highest BCUT2D eigenvalue weighted by atomic mass is 16.5. The molecule has 0 aliphatic rings. The molecule has 0 spiro atoms. The first-order valence-corrected chi connectivity index (χ1v) is 19.7. The van der Waals surface area contributed by atoms with E-state index in [4.69, 9.17) is 33.2 Å². The first-order valence-electron chi connectivity index (χ1n) is 19.7. The van der Waals surface area contributed by atoms with Crippen LogP contribution in [-0.4, -0.2) is 63.5 Å². The minimum Gasteiger partial charge on any atom is -0.494 e. The van der Waals surface area contributed by atoms with Gasteiger partial charge in [-0.2, -0.15) is 0 Å². The number of unbranched alkanes of at least 4 members (excludes halogenated alkanes) is 9. The largest absolute Gasteiger partial charge is 0.494 e. The van der Waals surface area contributed by atoms with Crippen molar-refractivity contribution in [1.29, 1.82) is 0 Å². The van der Waals surface area contributed by atoms with Gasteiger partial charge in [-0.25, -0.2) is 19.2 Å². The average Bonchev–Trinajstić information content (AvgIpc) is 3.24. The summed E-state index contributed by atoms with van der Waals surface area (Å²) in [5.74, 6) is 0.416. The van der Waals surface area contributed by atoms with Gasteiger partial charge >= 0.3 is 23.9 Å². The molecule has 0 aliphatic heterocycles. The van der Waals surface area contributed by atoms with E-state index in [9.17, 15) is 19.2 Å². The zero-order valence-corrected chi connectivity index (χ0v) is 32.9. The highest BCUT2D eigenvalue weighted by molar-refractivity contribution is 5.92. The molecule has 0 bridgehead atoms. The zero-order valence-electron chi connectivity index (χ0n) is 32.9. The quantitative estimate of drug-likeness (QED) is 0.0210. The van der Waals surface area contributed by atoms with Crippen molar-refractivity contribution >= 4 is 23.9 Å². The summed E-state index contributed by atoms with van der Waals surface area (Å²) in [4.78, 5) is 46.7. The first kappa shape index (κ1) is 45.5. The van der Waals surface area contributed by atoms with Crippen LogP contribution in [0.25, 0.3) is 11.1 Å². The van der Waals surface area contributed by atoms with Gasteiger partial charge in [0, 0.05) is 18.2 Å². The summed E-state index contributed by atoms with van der Waals surface area (Å²) >= 11 is 0. The van der Waals surface area contributed by atoms with Crippen molar-refractivity contribution in [1.82, 2.24) is 0 Å². The number of carbonyl (C=O) groups excluding carboxylic acids is 4. The normalized spacial score (nSPS) is 10.5. The van der Waals surface area contributed by atoms with Crippen molar-refractivity contribution in [3.63, 3.8) is 0 Å². The Bertz CT molecular complexity index is 1700. The Morgan fingerprint density at radius 2 is 0.807 bits per heavy atom. The number of esters is 4. The number of benzene rings is 3. The van der Waals surface area contributed by atoms with E-state index in [1.54, 1.807) is 30.3 Å². The van der Waals surface area contributed by atoms with Gasteiger partial charge < -0.3 is 33.2 Å². The van der Waals surface area contributed by atoms with Crippen molar-refractivity contribution in [3.8, 4) is 34.1 Å². The topological polar surface area (TPSA) is 133 Å². The van der Waals surface area contributed by atoms with Crippen LogP contribution in [0.2, 0.25) is 0 Å². The highest BCUT2D eigenvalue weighted by Crippen LogP contribution is 2.30. The minimum absolute atomic E-state index is 0.323. The van der Waals surface area contributed by atoms with Crippen LogP contribution in [0.4, 0.5) is 0 Å². The van der Waals surface area contributed by atoms with Crippen LogP contribution in [0.5, 0.6) is 23.0 Å². The van der Waals surface area contributed by atoms with Gasteiger partial charge in [0.1, 0.15) is 11.5 Å². The Labute approximate surface area is 336 Å². The zero-order chi connectivity index (χ0) is 40.9. The Morgan fingerprint density at radius 1 is 0.421 bits per heavy atom. The maximum absolute atomic E-state index is 13.2. The lowest BCUT2D eigenvalue weighted by Gasteiger charge is -2.14. The minimum atomic E-state index is -0.525. The van der Waals surface area contributed by atoms with Gasteiger partial charge in [0.2, 0.25) is 0 Å². The smallest absolute Gasteiger partial charge is 0.343 e. The van der Waals surface area contributed by atoms with Gasteiger partial charge in [-0.15, -0.1) is 0 Å². The van der Waals surface area contributed by atoms with Crippen molar-refractivity contribution in [3.05, 3.63) is 110 Å². The van der Waals surface area contributed by atoms with E-state index in [-0.39, 0.29) is 0 Å². The molecule has 3 aromatic carbocycles. The molecular weight excluding hydrogens is 728 g/mol. The molecule has 0 atom stereocenters. The second kappa shape index (κ2) is 27.7. The molecule has 0 unspecified atom stereocenters. The molecule has 0 saturated carbocycles. The van der Waals surface area contributed by atoms with Gasteiger partial charge in [0.25, 0.3) is 0 Å². The second-order valence-electron chi connectivity index (χ2n) is 13.0. The lowest BCUT2D eigenvalue weighted by Crippen LogP contribution is -2.10. The predicted molar refractivity (Wildman–Crippen MR) is 219 cm³/mol. The highest BCUT2D eigenvalue weighted by Gasteiger charge is 2.15. The van der Waals surface area contributed by atoms with Gasteiger partial charge in [-0.05, 0) is 131 Å². The molecule has 0 radical (unpaired) electrons. The Balaban J connectivity index is 1.49. The van der Waals surface area contributed by atoms with Gasteiger partial charge in [0.05, 0.1) is 45.2 Å². The average molecular weight is 785 g/mol. The number of ether oxygens (including phenoxy) is 7. The van der Waals surface area contributed by atoms with Crippen LogP contribution in [0, 0.1) is 0 Å². The van der Waals surface area contributed by atoms with Gasteiger partial charge in [-0.3, -0.25) is 0 Å². The summed E-state index contributed by atoms with van der Waals surface area (Å²) in [6.45, 7) is 12.8. The number of carbonyl (C=O) groups is 4. The molecule has 3 rings (SSSR count). The Hall–Kier alpha value is -5.84. The summed E-state index contributed by atoms with van der Waals surface area (Å²) < 4.78 is 38.8. The first-order chi connectivity index (χ1) is 27.8. The molecule has 0 amide bonds. The van der Waals surface area contributed by atoms with Crippen molar-refractivity contribution < 1.29 is 52.3 Å². The van der Waals surface area contributed by atoms with Crippen molar-refractivity contribution in [2.24, 2.45) is 0 Å². The molecule has 0 saturated heterocycles. The number of rotatable bonds is 30. The van der Waals surface area contributed by atoms with Crippen LogP contribution in [0.1, 0.15) is 87.4 Å². The molecule has 0 N–H and O–H groups in total. The lowest BCUT2D eigenvalue weighted by molar-refractivity contribution is -0.138. The van der Waals surface area contributed by atoms with Crippen LogP contribution in [-0.2, 0) is 28.6 Å². The third kappa shape index (κ3) is 19.0. The third-order valence-electron chi connectivity index (χ3n) is 8.56. The maximum Gasteiger partial charge on any atom is 0.343 e. The second-order valence-corrected chi connectivity index (χ2v) is 13.0. The summed E-state index contributed by atoms with van der Waals surface area (Å²) in [6.07, 6.45) is 13.7. The molecule has 0 heterocycles. The van der Waals surface area contributed by atoms with Crippen LogP contribution in [0.15, 0.2) is 105 Å². The number of hydrogen-bond acceptors (Lipinski definition) is 11. The van der Waals surface area contributed by atoms with E-state index in [0.29, 0.717) is 62.5 Å². The summed E-state index contributed by atoms with van der Waals surface area (Å²) in [6, 6.07) is 20.2. The SMILES string of the molecule is C=CC(=O)OCCCCCCOc1ccc(-c2ccc(OC(=O)c3ccc(OCCCCCCOC(=O)C=C)c(OCCCCCCOC(=O)C=C)c3)cc2)cc1. The molecule has 0 aliphatic carbocycles. The third-order valence-corrected chi connectivity index (χ3v) is 8.56. The van der Waals surface area contributed by atoms with E-state index in [2.05, 4.69) is 19.7 Å². The van der Waals surface area contributed by atoms with Crippen LogP contribution >= 0.6 is 0 Å². The predicted octanol–water partition coefficient (Wildman–Crippen LogP) is 9.58. The van der Waals surface area contributed by atoms with E-state index in [0.717, 1.165) is 106 Å². The molecule has 57 heavy (non-hydrogen) atoms. The standard InChI is InChI=1S/C46H56O11/c1-4-43(47)54-32-16-10-7-13-29-51-39-24-19-36(20-25-39)37-21-26-40(27-22-37)57-46(50)38-23-28-41(52-30-14-8-11-17-33-55-44(48)5-2)42(35-38)53-31-15-9-12-18-34-56-45(49)6-3/h4-6,19-28,35H,1-3,7-18,29-34H2. The molecule has 11 nitrogen and oxygen atoms in total. The summed E-state index contributed by atoms with van der Waals surface area (Å²) in [5.41, 5.74) is 2.28.